The highest BCUT2D eigenvalue weighted by molar-refractivity contribution is 5.88. The second kappa shape index (κ2) is 20.1. The Bertz CT molecular complexity index is 1520. The Morgan fingerprint density at radius 2 is 1.00 bits per heavy atom. The smallest absolute Gasteiger partial charge is 0.408 e. The first-order chi connectivity index (χ1) is 27.0. The van der Waals surface area contributed by atoms with Gasteiger partial charge in [-0.15, -0.1) is 0 Å². The van der Waals surface area contributed by atoms with Gasteiger partial charge in [-0.05, 0) is 100 Å². The lowest BCUT2D eigenvalue weighted by atomic mass is 9.43. The molecule has 4 N–H and O–H groups in total. The van der Waals surface area contributed by atoms with E-state index in [2.05, 4.69) is 21.3 Å². The van der Waals surface area contributed by atoms with Gasteiger partial charge in [0.2, 0.25) is 11.8 Å². The molecule has 0 unspecified atom stereocenters. The number of amides is 4. The van der Waals surface area contributed by atoms with E-state index in [4.69, 9.17) is 18.9 Å². The Kier molecular flexibility index (Phi) is 15.1. The van der Waals surface area contributed by atoms with Crippen molar-refractivity contribution in [3.8, 4) is 0 Å². The fourth-order valence-electron chi connectivity index (χ4n) is 9.12. The Morgan fingerprint density at radius 1 is 0.607 bits per heavy atom. The first-order valence-electron chi connectivity index (χ1n) is 19.7. The summed E-state index contributed by atoms with van der Waals surface area (Å²) in [6.07, 6.45) is 6.18. The molecule has 4 bridgehead atoms. The first kappa shape index (κ1) is 42.0. The van der Waals surface area contributed by atoms with Gasteiger partial charge in [-0.25, -0.2) is 19.2 Å². The molecular weight excluding hydrogens is 720 g/mol. The van der Waals surface area contributed by atoms with Gasteiger partial charge in [0.1, 0.15) is 25.3 Å². The number of methoxy groups -OCH3 is 2. The molecule has 2 atom stereocenters. The molecule has 2 aromatic carbocycles. The van der Waals surface area contributed by atoms with Crippen molar-refractivity contribution in [2.24, 2.45) is 22.7 Å². The average molecular weight is 777 g/mol. The lowest BCUT2D eigenvalue weighted by Crippen LogP contribution is -2.61. The molecule has 4 aliphatic carbocycles. The number of hydrogen-bond donors (Lipinski definition) is 4. The summed E-state index contributed by atoms with van der Waals surface area (Å²) in [5.74, 6) is -0.535. The summed E-state index contributed by atoms with van der Waals surface area (Å²) < 4.78 is 20.3. The SMILES string of the molecule is COC(=O)[C@H](CCCCNC(=O)C12CC3CC(C1)CC(C(=O)NCCCC[C@H](NC(=O)OCc1ccccc1)C(=O)OC)(C3)C2)NC(=O)OCc1ccccc1. The van der Waals surface area contributed by atoms with Gasteiger partial charge in [0.05, 0.1) is 25.0 Å². The highest BCUT2D eigenvalue weighted by Crippen LogP contribution is 2.65. The summed E-state index contributed by atoms with van der Waals surface area (Å²) in [6, 6.07) is 16.7. The van der Waals surface area contributed by atoms with E-state index in [0.29, 0.717) is 69.9 Å². The minimum Gasteiger partial charge on any atom is -0.467 e. The maximum absolute atomic E-state index is 13.8. The Labute approximate surface area is 328 Å². The highest BCUT2D eigenvalue weighted by Gasteiger charge is 2.62. The molecule has 2 aromatic rings. The number of unbranched alkanes of at least 4 members (excludes halogenated alkanes) is 2. The zero-order chi connectivity index (χ0) is 40.0. The van der Waals surface area contributed by atoms with Crippen LogP contribution in [0.25, 0.3) is 0 Å². The Hall–Kier alpha value is -5.14. The quantitative estimate of drug-likeness (QED) is 0.0803. The topological polar surface area (TPSA) is 187 Å². The van der Waals surface area contributed by atoms with Crippen molar-refractivity contribution in [3.05, 3.63) is 71.8 Å². The molecule has 0 aliphatic heterocycles. The molecule has 4 saturated carbocycles. The van der Waals surface area contributed by atoms with Crippen molar-refractivity contribution in [2.75, 3.05) is 27.3 Å². The summed E-state index contributed by atoms with van der Waals surface area (Å²) >= 11 is 0. The third kappa shape index (κ3) is 11.5. The van der Waals surface area contributed by atoms with Gasteiger partial charge in [-0.2, -0.15) is 0 Å². The lowest BCUT2D eigenvalue weighted by Gasteiger charge is -2.60. The van der Waals surface area contributed by atoms with Crippen molar-refractivity contribution in [1.82, 2.24) is 21.3 Å². The molecule has 4 amide bonds. The van der Waals surface area contributed by atoms with Gasteiger partial charge < -0.3 is 40.2 Å². The number of esters is 2. The second-order valence-electron chi connectivity index (χ2n) is 15.6. The minimum absolute atomic E-state index is 0.0143. The third-order valence-corrected chi connectivity index (χ3v) is 11.4. The van der Waals surface area contributed by atoms with Crippen LogP contribution in [0.15, 0.2) is 60.7 Å². The van der Waals surface area contributed by atoms with Crippen LogP contribution in [0.3, 0.4) is 0 Å². The molecule has 14 heteroatoms. The number of alkyl carbamates (subject to hydrolysis) is 2. The average Bonchev–Trinajstić information content (AvgIpc) is 3.20. The summed E-state index contributed by atoms with van der Waals surface area (Å²) in [5.41, 5.74) is 0.474. The van der Waals surface area contributed by atoms with Crippen LogP contribution in [-0.4, -0.2) is 75.3 Å². The Morgan fingerprint density at radius 3 is 1.38 bits per heavy atom. The van der Waals surface area contributed by atoms with E-state index in [1.165, 1.54) is 14.2 Å². The molecule has 0 aromatic heterocycles. The highest BCUT2D eigenvalue weighted by atomic mass is 16.6. The van der Waals surface area contributed by atoms with E-state index in [1.54, 1.807) is 0 Å². The van der Waals surface area contributed by atoms with Gasteiger partial charge in [-0.3, -0.25) is 9.59 Å². The van der Waals surface area contributed by atoms with Crippen LogP contribution in [0.1, 0.15) is 88.2 Å². The number of ether oxygens (including phenoxy) is 4. The molecule has 0 radical (unpaired) electrons. The maximum Gasteiger partial charge on any atom is 0.408 e. The monoisotopic (exact) mass is 776 g/mol. The minimum atomic E-state index is -0.875. The van der Waals surface area contributed by atoms with E-state index in [9.17, 15) is 28.8 Å². The normalized spacial score (nSPS) is 22.8. The standard InChI is InChI=1S/C42H56N4O10/c1-53-35(47)33(45-39(51)55-26-29-13-5-3-6-14-29)17-9-11-19-43-37(49)41-22-31-21-32(23-41)25-42(24-31,28-41)38(50)44-20-12-10-18-34(36(48)54-2)46-40(52)56-27-30-15-7-4-8-16-30/h3-8,13-16,31-34H,9-12,17-28H2,1-2H3,(H,43,49)(H,44,50)(H,45,51)(H,46,52)/t31?,32?,33-,34-,41?,42?/m0/s1. The summed E-state index contributed by atoms with van der Waals surface area (Å²) in [5, 5.41) is 11.4. The predicted molar refractivity (Wildman–Crippen MR) is 204 cm³/mol. The first-order valence-corrected chi connectivity index (χ1v) is 19.7. The zero-order valence-electron chi connectivity index (χ0n) is 32.5. The number of hydrogen-bond acceptors (Lipinski definition) is 10. The van der Waals surface area contributed by atoms with Crippen molar-refractivity contribution in [2.45, 2.75) is 102 Å². The largest absolute Gasteiger partial charge is 0.467 e. The van der Waals surface area contributed by atoms with E-state index in [1.807, 2.05) is 60.7 Å². The molecule has 0 heterocycles. The maximum atomic E-state index is 13.8. The molecule has 0 spiro atoms. The van der Waals surface area contributed by atoms with Crippen LogP contribution in [0.4, 0.5) is 9.59 Å². The van der Waals surface area contributed by atoms with Crippen molar-refractivity contribution in [1.29, 1.82) is 0 Å². The van der Waals surface area contributed by atoms with E-state index in [-0.39, 0.29) is 25.0 Å². The summed E-state index contributed by atoms with van der Waals surface area (Å²) in [7, 11) is 2.53. The molecule has 304 valence electrons. The Balaban J connectivity index is 1.03. The number of carbonyl (C=O) groups is 6. The molecule has 14 nitrogen and oxygen atoms in total. The van der Waals surface area contributed by atoms with Crippen molar-refractivity contribution >= 4 is 35.9 Å². The summed E-state index contributed by atoms with van der Waals surface area (Å²) in [6.45, 7) is 0.973. The second-order valence-corrected chi connectivity index (χ2v) is 15.6. The van der Waals surface area contributed by atoms with Crippen LogP contribution >= 0.6 is 0 Å². The van der Waals surface area contributed by atoms with E-state index < -0.39 is 47.0 Å². The number of rotatable bonds is 20. The van der Waals surface area contributed by atoms with Gasteiger partial charge in [-0.1, -0.05) is 60.7 Å². The van der Waals surface area contributed by atoms with Gasteiger partial charge >= 0.3 is 24.1 Å². The zero-order valence-corrected chi connectivity index (χ0v) is 32.5. The van der Waals surface area contributed by atoms with Crippen molar-refractivity contribution in [3.63, 3.8) is 0 Å². The molecule has 0 saturated heterocycles. The van der Waals surface area contributed by atoms with E-state index in [0.717, 1.165) is 43.2 Å². The lowest BCUT2D eigenvalue weighted by molar-refractivity contribution is -0.167. The number of benzene rings is 2. The van der Waals surface area contributed by atoms with Crippen molar-refractivity contribution < 1.29 is 47.7 Å². The van der Waals surface area contributed by atoms with E-state index >= 15 is 0 Å². The van der Waals surface area contributed by atoms with Crippen LogP contribution in [0.5, 0.6) is 0 Å². The summed E-state index contributed by atoms with van der Waals surface area (Å²) in [4.78, 5) is 77.1. The number of carbonyl (C=O) groups excluding carboxylic acids is 6. The molecule has 56 heavy (non-hydrogen) atoms. The molecule has 6 rings (SSSR count). The van der Waals surface area contributed by atoms with Crippen LogP contribution < -0.4 is 21.3 Å². The van der Waals surface area contributed by atoms with Gasteiger partial charge in [0, 0.05) is 13.1 Å². The molecule has 4 fully saturated rings. The van der Waals surface area contributed by atoms with Gasteiger partial charge in [0.25, 0.3) is 0 Å². The predicted octanol–water partition coefficient (Wildman–Crippen LogP) is 5.08. The van der Waals surface area contributed by atoms with Crippen LogP contribution in [0.2, 0.25) is 0 Å². The molecule has 4 aliphatic rings. The fraction of sp³-hybridized carbons (Fsp3) is 0.571. The fourth-order valence-corrected chi connectivity index (χ4v) is 9.12. The molecular formula is C42H56N4O10. The van der Waals surface area contributed by atoms with Crippen LogP contribution in [0, 0.1) is 22.7 Å². The number of nitrogens with one attached hydrogen (secondary N) is 4. The third-order valence-electron chi connectivity index (χ3n) is 11.4. The van der Waals surface area contributed by atoms with Crippen LogP contribution in [-0.2, 0) is 51.3 Å². The van der Waals surface area contributed by atoms with Gasteiger partial charge in [0.15, 0.2) is 0 Å².